The molecule has 1 N–H and O–H groups in total. The van der Waals surface area contributed by atoms with Gasteiger partial charge in [0.15, 0.2) is 5.11 Å². The van der Waals surface area contributed by atoms with Gasteiger partial charge in [-0.2, -0.15) is 0 Å². The van der Waals surface area contributed by atoms with E-state index >= 15 is 0 Å². The summed E-state index contributed by atoms with van der Waals surface area (Å²) in [6.07, 6.45) is 1.71. The zero-order valence-corrected chi connectivity index (χ0v) is 20.0. The molecule has 4 aromatic rings. The molecule has 0 radical (unpaired) electrons. The van der Waals surface area contributed by atoms with Gasteiger partial charge in [0.2, 0.25) is 0 Å². The summed E-state index contributed by atoms with van der Waals surface area (Å²) in [5.74, 6) is 1.49. The Morgan fingerprint density at radius 1 is 1.14 bits per heavy atom. The summed E-state index contributed by atoms with van der Waals surface area (Å²) >= 11 is 12.1. The molecule has 2 aromatic carbocycles. The molecule has 1 aliphatic heterocycles. The van der Waals surface area contributed by atoms with E-state index in [1.807, 2.05) is 29.2 Å². The molecular formula is C25H19ClN4O4S. The number of pyridine rings is 1. The number of para-hydroxylation sites is 1. The Balaban J connectivity index is 1.62. The quantitative estimate of drug-likeness (QED) is 0.191. The first-order valence-electron chi connectivity index (χ1n) is 10.7. The van der Waals surface area contributed by atoms with Gasteiger partial charge >= 0.3 is 0 Å². The number of nitrogens with zero attached hydrogens (tertiary/aromatic N) is 3. The molecule has 1 fully saturated rings. The van der Waals surface area contributed by atoms with Crippen molar-refractivity contribution in [3.8, 4) is 17.1 Å². The maximum absolute atomic E-state index is 11.6. The molecule has 2 aromatic heterocycles. The Hall–Kier alpha value is -3.95. The maximum Gasteiger partial charge on any atom is 0.280 e. The van der Waals surface area contributed by atoms with Crippen LogP contribution in [0.1, 0.15) is 23.5 Å². The molecule has 1 aliphatic rings. The van der Waals surface area contributed by atoms with Gasteiger partial charge < -0.3 is 19.4 Å². The van der Waals surface area contributed by atoms with Crippen LogP contribution in [0.5, 0.6) is 5.75 Å². The van der Waals surface area contributed by atoms with E-state index in [9.17, 15) is 10.1 Å². The molecule has 0 unspecified atom stereocenters. The highest BCUT2D eigenvalue weighted by Crippen LogP contribution is 2.44. The van der Waals surface area contributed by atoms with E-state index in [1.165, 1.54) is 6.07 Å². The average molecular weight is 507 g/mol. The van der Waals surface area contributed by atoms with Gasteiger partial charge in [-0.3, -0.25) is 15.1 Å². The highest BCUT2D eigenvalue weighted by Gasteiger charge is 2.43. The van der Waals surface area contributed by atoms with Crippen LogP contribution in [0, 0.1) is 10.1 Å². The van der Waals surface area contributed by atoms with Crippen molar-refractivity contribution in [3.05, 3.63) is 106 Å². The van der Waals surface area contributed by atoms with E-state index in [1.54, 1.807) is 55.8 Å². The van der Waals surface area contributed by atoms with Crippen LogP contribution in [0.4, 0.5) is 11.4 Å². The Kier molecular flexibility index (Phi) is 6.10. The lowest BCUT2D eigenvalue weighted by Crippen LogP contribution is -2.29. The maximum atomic E-state index is 11.6. The Morgan fingerprint density at radius 2 is 1.94 bits per heavy atom. The van der Waals surface area contributed by atoms with Crippen LogP contribution < -0.4 is 15.0 Å². The number of ether oxygens (including phenoxy) is 1. The van der Waals surface area contributed by atoms with Gasteiger partial charge in [0.05, 0.1) is 34.4 Å². The minimum atomic E-state index is -0.432. The summed E-state index contributed by atoms with van der Waals surface area (Å²) in [5, 5.41) is 15.8. The summed E-state index contributed by atoms with van der Waals surface area (Å²) in [6, 6.07) is 20.3. The monoisotopic (exact) mass is 506 g/mol. The summed E-state index contributed by atoms with van der Waals surface area (Å²) in [6.45, 7) is 0. The van der Waals surface area contributed by atoms with Crippen molar-refractivity contribution in [2.45, 2.75) is 12.1 Å². The third-order valence-electron chi connectivity index (χ3n) is 5.80. The lowest BCUT2D eigenvalue weighted by atomic mass is 10.0. The largest absolute Gasteiger partial charge is 0.495 e. The van der Waals surface area contributed by atoms with Crippen molar-refractivity contribution in [1.82, 2.24) is 10.3 Å². The second-order valence-corrected chi connectivity index (χ2v) is 8.59. The number of thiocarbonyl (C=S) groups is 1. The van der Waals surface area contributed by atoms with Gasteiger partial charge in [-0.25, -0.2) is 0 Å². The third kappa shape index (κ3) is 4.20. The van der Waals surface area contributed by atoms with E-state index in [2.05, 4.69) is 10.3 Å². The van der Waals surface area contributed by atoms with E-state index in [0.29, 0.717) is 33.0 Å². The molecule has 3 heterocycles. The van der Waals surface area contributed by atoms with Crippen molar-refractivity contribution in [3.63, 3.8) is 0 Å². The Bertz CT molecular complexity index is 1410. The van der Waals surface area contributed by atoms with Crippen molar-refractivity contribution in [2.75, 3.05) is 12.0 Å². The minimum Gasteiger partial charge on any atom is -0.495 e. The average Bonchev–Trinajstić information content (AvgIpc) is 3.49. The fourth-order valence-corrected chi connectivity index (χ4v) is 4.82. The van der Waals surface area contributed by atoms with E-state index in [-0.39, 0.29) is 11.7 Å². The second kappa shape index (κ2) is 9.36. The number of nitro groups is 1. The van der Waals surface area contributed by atoms with Gasteiger partial charge in [0.1, 0.15) is 23.3 Å². The predicted octanol–water partition coefficient (Wildman–Crippen LogP) is 6.09. The lowest BCUT2D eigenvalue weighted by molar-refractivity contribution is -0.384. The van der Waals surface area contributed by atoms with Crippen LogP contribution in [0.15, 0.2) is 83.4 Å². The highest BCUT2D eigenvalue weighted by molar-refractivity contribution is 7.80. The summed E-state index contributed by atoms with van der Waals surface area (Å²) in [4.78, 5) is 17.6. The topological polar surface area (TPSA) is 93.7 Å². The number of rotatable bonds is 6. The standard InChI is InChI=1S/C25H19ClN4O4S/c1-33-21-10-9-15(14-17(21)26)29-24(23(28-25(29)35)18-7-4-5-13-27-18)22-12-11-20(34-22)16-6-2-3-8-19(16)30(31)32/h2-14,23-24H,1H3,(H,28,35)/t23-,24+/m1/s1. The van der Waals surface area contributed by atoms with Crippen LogP contribution in [-0.4, -0.2) is 22.1 Å². The Labute approximate surface area is 211 Å². The van der Waals surface area contributed by atoms with Crippen molar-refractivity contribution < 1.29 is 14.1 Å². The molecule has 0 spiro atoms. The smallest absolute Gasteiger partial charge is 0.280 e. The van der Waals surface area contributed by atoms with Crippen molar-refractivity contribution in [1.29, 1.82) is 0 Å². The number of methoxy groups -OCH3 is 1. The van der Waals surface area contributed by atoms with Crippen LogP contribution >= 0.6 is 23.8 Å². The number of nitro benzene ring substituents is 1. The summed E-state index contributed by atoms with van der Waals surface area (Å²) < 4.78 is 11.5. The number of halogens is 1. The van der Waals surface area contributed by atoms with Gasteiger partial charge in [0.25, 0.3) is 5.69 Å². The molecule has 8 nitrogen and oxygen atoms in total. The molecule has 1 saturated heterocycles. The number of hydrogen-bond donors (Lipinski definition) is 1. The number of anilines is 1. The van der Waals surface area contributed by atoms with Gasteiger partial charge in [-0.1, -0.05) is 29.8 Å². The van der Waals surface area contributed by atoms with Crippen molar-refractivity contribution in [2.24, 2.45) is 0 Å². The SMILES string of the molecule is COc1ccc(N2C(=S)N[C@H](c3ccccn3)[C@@H]2c2ccc(-c3ccccc3[N+](=O)[O-])o2)cc1Cl. The van der Waals surface area contributed by atoms with Crippen LogP contribution in [0.25, 0.3) is 11.3 Å². The third-order valence-corrected chi connectivity index (χ3v) is 6.41. The van der Waals surface area contributed by atoms with E-state index < -0.39 is 11.0 Å². The molecule has 176 valence electrons. The molecule has 5 rings (SSSR count). The molecule has 0 saturated carbocycles. The van der Waals surface area contributed by atoms with Crippen LogP contribution in [0.2, 0.25) is 5.02 Å². The van der Waals surface area contributed by atoms with Crippen LogP contribution in [0.3, 0.4) is 0 Å². The lowest BCUT2D eigenvalue weighted by Gasteiger charge is -2.26. The zero-order chi connectivity index (χ0) is 24.5. The van der Waals surface area contributed by atoms with E-state index in [0.717, 1.165) is 11.4 Å². The molecule has 10 heteroatoms. The zero-order valence-electron chi connectivity index (χ0n) is 18.4. The number of furan rings is 1. The highest BCUT2D eigenvalue weighted by atomic mass is 35.5. The van der Waals surface area contributed by atoms with Gasteiger partial charge in [-0.15, -0.1) is 0 Å². The first-order valence-corrected chi connectivity index (χ1v) is 11.4. The molecule has 0 bridgehead atoms. The number of aromatic nitrogens is 1. The predicted molar refractivity (Wildman–Crippen MR) is 137 cm³/mol. The van der Waals surface area contributed by atoms with Gasteiger partial charge in [0, 0.05) is 18.0 Å². The number of hydrogen-bond acceptors (Lipinski definition) is 6. The number of nitrogens with one attached hydrogen (secondary N) is 1. The van der Waals surface area contributed by atoms with Gasteiger partial charge in [-0.05, 0) is 60.7 Å². The summed E-state index contributed by atoms with van der Waals surface area (Å²) in [5.41, 5.74) is 1.87. The van der Waals surface area contributed by atoms with E-state index in [4.69, 9.17) is 33.0 Å². The normalized spacial score (nSPS) is 17.3. The minimum absolute atomic E-state index is 0.0338. The first kappa shape index (κ1) is 22.8. The fraction of sp³-hybridized carbons (Fsp3) is 0.120. The number of benzene rings is 2. The molecule has 0 amide bonds. The molecular weight excluding hydrogens is 488 g/mol. The fourth-order valence-electron chi connectivity index (χ4n) is 4.22. The van der Waals surface area contributed by atoms with Crippen molar-refractivity contribution >= 4 is 40.3 Å². The Morgan fingerprint density at radius 3 is 2.66 bits per heavy atom. The molecule has 2 atom stereocenters. The van der Waals surface area contributed by atoms with Crippen LogP contribution in [-0.2, 0) is 0 Å². The molecule has 35 heavy (non-hydrogen) atoms. The molecule has 0 aliphatic carbocycles. The summed E-state index contributed by atoms with van der Waals surface area (Å²) in [7, 11) is 1.55. The first-order chi connectivity index (χ1) is 17.0. The second-order valence-electron chi connectivity index (χ2n) is 7.79.